The van der Waals surface area contributed by atoms with Gasteiger partial charge in [0.05, 0.1) is 36.1 Å². The highest BCUT2D eigenvalue weighted by Gasteiger charge is 2.18. The molecule has 0 radical (unpaired) electrons. The van der Waals surface area contributed by atoms with Crippen LogP contribution in [0.5, 0.6) is 0 Å². The number of aliphatic hydroxyl groups is 1. The van der Waals surface area contributed by atoms with E-state index in [-0.39, 0.29) is 23.7 Å². The Hall–Kier alpha value is -3.42. The van der Waals surface area contributed by atoms with Crippen molar-refractivity contribution in [3.05, 3.63) is 88.2 Å². The Morgan fingerprint density at radius 3 is 2.63 bits per heavy atom. The quantitative estimate of drug-likeness (QED) is 0.402. The van der Waals surface area contributed by atoms with Crippen molar-refractivity contribution in [2.45, 2.75) is 57.7 Å². The van der Waals surface area contributed by atoms with E-state index in [1.165, 1.54) is 0 Å². The molecule has 3 aromatic rings. The third-order valence-electron chi connectivity index (χ3n) is 6.46. The number of pyridine rings is 1. The van der Waals surface area contributed by atoms with E-state index in [9.17, 15) is 9.90 Å². The van der Waals surface area contributed by atoms with Crippen LogP contribution in [0.15, 0.2) is 65.9 Å². The summed E-state index contributed by atoms with van der Waals surface area (Å²) in [7, 11) is 0. The van der Waals surface area contributed by atoms with Crippen LogP contribution in [0.4, 0.5) is 0 Å². The number of hydrogen-bond acceptors (Lipinski definition) is 6. The minimum absolute atomic E-state index is 0.0250. The Morgan fingerprint density at radius 2 is 1.91 bits per heavy atom. The van der Waals surface area contributed by atoms with Crippen LogP contribution in [0.1, 0.15) is 62.4 Å². The van der Waals surface area contributed by atoms with E-state index in [2.05, 4.69) is 15.3 Å². The lowest BCUT2D eigenvalue weighted by Crippen LogP contribution is -2.42. The molecule has 7 heteroatoms. The van der Waals surface area contributed by atoms with Gasteiger partial charge >= 0.3 is 0 Å². The van der Waals surface area contributed by atoms with Gasteiger partial charge in [0.25, 0.3) is 5.56 Å². The largest absolute Gasteiger partial charge is 0.394 e. The van der Waals surface area contributed by atoms with Crippen molar-refractivity contribution in [2.24, 2.45) is 0 Å². The van der Waals surface area contributed by atoms with Crippen LogP contribution in [0, 0.1) is 5.41 Å². The number of aliphatic hydroxyl groups excluding tert-OH is 1. The van der Waals surface area contributed by atoms with Gasteiger partial charge in [-0.15, -0.1) is 0 Å². The Bertz CT molecular complexity index is 1250. The van der Waals surface area contributed by atoms with Gasteiger partial charge in [0.2, 0.25) is 0 Å². The summed E-state index contributed by atoms with van der Waals surface area (Å²) in [6, 6.07) is 11.5. The van der Waals surface area contributed by atoms with E-state index in [4.69, 9.17) is 5.41 Å². The van der Waals surface area contributed by atoms with Crippen molar-refractivity contribution in [1.82, 2.24) is 19.9 Å². The second-order valence-electron chi connectivity index (χ2n) is 9.77. The van der Waals surface area contributed by atoms with Crippen molar-refractivity contribution < 1.29 is 5.11 Å². The van der Waals surface area contributed by atoms with Crippen LogP contribution >= 0.6 is 0 Å². The van der Waals surface area contributed by atoms with Gasteiger partial charge in [-0.1, -0.05) is 37.1 Å². The predicted molar refractivity (Wildman–Crippen MR) is 140 cm³/mol. The van der Waals surface area contributed by atoms with Gasteiger partial charge in [0.1, 0.15) is 0 Å². The lowest BCUT2D eigenvalue weighted by Gasteiger charge is -2.23. The lowest BCUT2D eigenvalue weighted by atomic mass is 10.0. The molecular weight excluding hydrogens is 438 g/mol. The van der Waals surface area contributed by atoms with Gasteiger partial charge in [0.15, 0.2) is 0 Å². The van der Waals surface area contributed by atoms with E-state index in [1.807, 2.05) is 48.9 Å². The van der Waals surface area contributed by atoms with Gasteiger partial charge in [-0.3, -0.25) is 9.78 Å². The molecule has 182 valence electrons. The van der Waals surface area contributed by atoms with Gasteiger partial charge in [-0.25, -0.2) is 4.98 Å². The SMILES string of the molecule is CC(C)(CO)NCc1ccc(C(=N)C=Cc2cncc(-c3ccc(=O)n(C4CCCC4)c3)n2)cc1. The highest BCUT2D eigenvalue weighted by Crippen LogP contribution is 2.29. The molecule has 0 aliphatic heterocycles. The topological polar surface area (TPSA) is 104 Å². The number of rotatable bonds is 9. The molecule has 0 spiro atoms. The molecular formula is C28H33N5O2. The lowest BCUT2D eigenvalue weighted by molar-refractivity contribution is 0.187. The average molecular weight is 472 g/mol. The molecule has 0 bridgehead atoms. The predicted octanol–water partition coefficient (Wildman–Crippen LogP) is 4.36. The normalized spacial score (nSPS) is 14.6. The Kier molecular flexibility index (Phi) is 7.68. The van der Waals surface area contributed by atoms with Crippen LogP contribution in [0.25, 0.3) is 17.3 Å². The first kappa shape index (κ1) is 24.7. The van der Waals surface area contributed by atoms with E-state index in [0.717, 1.165) is 42.4 Å². The molecule has 0 atom stereocenters. The monoisotopic (exact) mass is 471 g/mol. The molecule has 1 aromatic carbocycles. The maximum atomic E-state index is 12.4. The molecule has 3 N–H and O–H groups in total. The van der Waals surface area contributed by atoms with Gasteiger partial charge in [-0.05, 0) is 56.0 Å². The first-order valence-corrected chi connectivity index (χ1v) is 12.1. The van der Waals surface area contributed by atoms with E-state index < -0.39 is 0 Å². The minimum atomic E-state index is -0.336. The Labute approximate surface area is 206 Å². The van der Waals surface area contributed by atoms with E-state index in [1.54, 1.807) is 36.7 Å². The number of hydrogen-bond donors (Lipinski definition) is 3. The van der Waals surface area contributed by atoms with Crippen LogP contribution in [0.3, 0.4) is 0 Å². The minimum Gasteiger partial charge on any atom is -0.394 e. The zero-order valence-electron chi connectivity index (χ0n) is 20.4. The average Bonchev–Trinajstić information content (AvgIpc) is 3.42. The summed E-state index contributed by atoms with van der Waals surface area (Å²) in [5.41, 5.74) is 4.18. The zero-order chi connectivity index (χ0) is 24.8. The number of aromatic nitrogens is 3. The maximum Gasteiger partial charge on any atom is 0.250 e. The van der Waals surface area contributed by atoms with Gasteiger partial charge in [0, 0.05) is 36.0 Å². The second-order valence-corrected chi connectivity index (χ2v) is 9.77. The fraction of sp³-hybridized carbons (Fsp3) is 0.357. The maximum absolute atomic E-state index is 12.4. The molecule has 0 saturated heterocycles. The molecule has 35 heavy (non-hydrogen) atoms. The molecule has 0 unspecified atom stereocenters. The van der Waals surface area contributed by atoms with Crippen LogP contribution < -0.4 is 10.9 Å². The first-order chi connectivity index (χ1) is 16.8. The molecule has 1 saturated carbocycles. The molecule has 0 amide bonds. The smallest absolute Gasteiger partial charge is 0.250 e. The van der Waals surface area contributed by atoms with Gasteiger partial charge in [-0.2, -0.15) is 0 Å². The Balaban J connectivity index is 1.44. The third-order valence-corrected chi connectivity index (χ3v) is 6.46. The van der Waals surface area contributed by atoms with Crippen LogP contribution in [-0.4, -0.2) is 37.5 Å². The number of nitrogens with zero attached hydrogens (tertiary/aromatic N) is 3. The molecule has 1 aliphatic carbocycles. The summed E-state index contributed by atoms with van der Waals surface area (Å²) < 4.78 is 1.84. The third kappa shape index (κ3) is 6.38. The highest BCUT2D eigenvalue weighted by atomic mass is 16.3. The summed E-state index contributed by atoms with van der Waals surface area (Å²) >= 11 is 0. The highest BCUT2D eigenvalue weighted by molar-refractivity contribution is 6.08. The zero-order valence-corrected chi connectivity index (χ0v) is 20.4. The van der Waals surface area contributed by atoms with Crippen molar-refractivity contribution in [3.8, 4) is 11.3 Å². The molecule has 1 fully saturated rings. The van der Waals surface area contributed by atoms with E-state index >= 15 is 0 Å². The van der Waals surface area contributed by atoms with Crippen molar-refractivity contribution >= 4 is 11.8 Å². The fourth-order valence-corrected chi connectivity index (χ4v) is 4.19. The van der Waals surface area contributed by atoms with Crippen LogP contribution in [0.2, 0.25) is 0 Å². The standard InChI is InChI=1S/C28H33N5O2/c1-28(2,19-34)31-15-20-7-9-21(10-8-20)25(29)13-12-23-16-30-17-26(32-23)22-11-14-27(35)33(18-22)24-5-3-4-6-24/h7-14,16-18,24,29,31,34H,3-6,15,19H2,1-2H3. The summed E-state index contributed by atoms with van der Waals surface area (Å²) in [4.78, 5) is 21.4. The van der Waals surface area contributed by atoms with Gasteiger partial charge < -0.3 is 20.4 Å². The van der Waals surface area contributed by atoms with Crippen molar-refractivity contribution in [3.63, 3.8) is 0 Å². The second kappa shape index (κ2) is 10.9. The first-order valence-electron chi connectivity index (χ1n) is 12.1. The summed E-state index contributed by atoms with van der Waals surface area (Å²) in [6.45, 7) is 4.61. The summed E-state index contributed by atoms with van der Waals surface area (Å²) in [6.07, 6.45) is 13.2. The number of allylic oxidation sites excluding steroid dienone is 1. The number of nitrogens with one attached hydrogen (secondary N) is 2. The summed E-state index contributed by atoms with van der Waals surface area (Å²) in [5, 5.41) is 21.1. The fourth-order valence-electron chi connectivity index (χ4n) is 4.19. The summed E-state index contributed by atoms with van der Waals surface area (Å²) in [5.74, 6) is 0. The molecule has 1 aliphatic rings. The van der Waals surface area contributed by atoms with Crippen molar-refractivity contribution in [2.75, 3.05) is 6.61 Å². The Morgan fingerprint density at radius 1 is 1.17 bits per heavy atom. The van der Waals surface area contributed by atoms with Crippen LogP contribution in [-0.2, 0) is 6.54 Å². The molecule has 2 aromatic heterocycles. The molecule has 4 rings (SSSR count). The molecule has 2 heterocycles. The molecule has 7 nitrogen and oxygen atoms in total. The number of benzene rings is 1. The van der Waals surface area contributed by atoms with E-state index in [0.29, 0.717) is 23.6 Å². The van der Waals surface area contributed by atoms with Crippen molar-refractivity contribution in [1.29, 1.82) is 5.41 Å².